The van der Waals surface area contributed by atoms with Crippen LogP contribution in [-0.2, 0) is 0 Å². The summed E-state index contributed by atoms with van der Waals surface area (Å²) in [6.45, 7) is 6.89. The summed E-state index contributed by atoms with van der Waals surface area (Å²) in [5.41, 5.74) is 10.3. The van der Waals surface area contributed by atoms with E-state index in [0.29, 0.717) is 24.8 Å². The minimum Gasteiger partial charge on any atom is -0.494 e. The van der Waals surface area contributed by atoms with Crippen LogP contribution in [0.5, 0.6) is 5.75 Å². The van der Waals surface area contributed by atoms with E-state index in [1.807, 2.05) is 20.9 Å². The lowest BCUT2D eigenvalue weighted by molar-refractivity contribution is -0.0645. The van der Waals surface area contributed by atoms with Crippen LogP contribution in [0.2, 0.25) is 0 Å². The quantitative estimate of drug-likeness (QED) is 0.186. The first-order valence-electron chi connectivity index (χ1n) is 14.3. The van der Waals surface area contributed by atoms with Gasteiger partial charge in [-0.15, -0.1) is 0 Å². The molecular formula is C30H41F2N7O3S. The van der Waals surface area contributed by atoms with Crippen molar-refractivity contribution in [3.05, 3.63) is 35.8 Å². The number of methoxy groups -OCH3 is 1. The lowest BCUT2D eigenvalue weighted by Gasteiger charge is -2.52. The molecule has 234 valence electrons. The van der Waals surface area contributed by atoms with E-state index in [0.717, 1.165) is 37.4 Å². The number of aliphatic hydroxyl groups is 1. The van der Waals surface area contributed by atoms with E-state index in [4.69, 9.17) is 16.2 Å². The lowest BCUT2D eigenvalue weighted by atomic mass is 9.95. The smallest absolute Gasteiger partial charge is 0.281 e. The second kappa shape index (κ2) is 13.1. The summed E-state index contributed by atoms with van der Waals surface area (Å²) >= 11 is 0.951. The maximum atomic E-state index is 13.7. The number of ether oxygens (including phenoxy) is 1. The predicted octanol–water partition coefficient (Wildman–Crippen LogP) is 4.24. The Morgan fingerprint density at radius 3 is 2.53 bits per heavy atom. The fraction of sp³-hybridized carbons (Fsp3) is 0.533. The molecule has 3 heterocycles. The Bertz CT molecular complexity index is 1440. The number of nitrogens with zero attached hydrogens (tertiary/aromatic N) is 5. The molecule has 2 aromatic rings. The molecule has 3 fully saturated rings. The summed E-state index contributed by atoms with van der Waals surface area (Å²) in [7, 11) is 3.36. The van der Waals surface area contributed by atoms with Gasteiger partial charge in [-0.1, -0.05) is 37.5 Å². The Morgan fingerprint density at radius 1 is 1.23 bits per heavy atom. The third-order valence-electron chi connectivity index (χ3n) is 8.01. The Kier molecular flexibility index (Phi) is 9.96. The molecule has 0 radical (unpaired) electrons. The van der Waals surface area contributed by atoms with Crippen LogP contribution in [0.4, 0.5) is 14.6 Å². The number of rotatable bonds is 6. The normalized spacial score (nSPS) is 21.9. The van der Waals surface area contributed by atoms with Crippen molar-refractivity contribution in [1.82, 2.24) is 14.9 Å². The fourth-order valence-corrected chi connectivity index (χ4v) is 5.84. The maximum absolute atomic E-state index is 13.7. The number of nitrogens with two attached hydrogens (primary N) is 2. The van der Waals surface area contributed by atoms with Crippen molar-refractivity contribution in [2.75, 3.05) is 32.1 Å². The highest BCUT2D eigenvalue weighted by molar-refractivity contribution is 8.14. The number of carbonyl (C=O) groups is 1. The SMILES string of the molecule is CC.COc1cnc(C(F)F)cc1-c1cc(N2CCN(C)C3(CC3)C2(C)O)ncc1C(=O)N=C(N)SC(N)C#CC1CC1.[HH]. The van der Waals surface area contributed by atoms with Crippen molar-refractivity contribution in [1.29, 1.82) is 0 Å². The zero-order chi connectivity index (χ0) is 31.5. The molecule has 1 aliphatic heterocycles. The van der Waals surface area contributed by atoms with E-state index < -0.39 is 34.7 Å². The molecule has 2 unspecified atom stereocenters. The number of carbonyl (C=O) groups excluding carboxylic acids is 1. The van der Waals surface area contributed by atoms with Crippen LogP contribution in [0.15, 0.2) is 29.5 Å². The van der Waals surface area contributed by atoms with E-state index in [1.54, 1.807) is 17.9 Å². The maximum Gasteiger partial charge on any atom is 0.281 e. The third kappa shape index (κ3) is 6.77. The molecule has 5 N–H and O–H groups in total. The Morgan fingerprint density at radius 2 is 1.93 bits per heavy atom. The van der Waals surface area contributed by atoms with Crippen LogP contribution in [-0.4, -0.2) is 74.9 Å². The van der Waals surface area contributed by atoms with Crippen molar-refractivity contribution in [3.63, 3.8) is 0 Å². The van der Waals surface area contributed by atoms with Gasteiger partial charge < -0.3 is 26.2 Å². The van der Waals surface area contributed by atoms with Gasteiger partial charge in [0, 0.05) is 37.8 Å². The van der Waals surface area contributed by atoms with E-state index >= 15 is 0 Å². The Balaban J connectivity index is 0.00000173. The highest BCUT2D eigenvalue weighted by Crippen LogP contribution is 2.53. The van der Waals surface area contributed by atoms with Gasteiger partial charge in [0.2, 0.25) is 0 Å². The second-order valence-electron chi connectivity index (χ2n) is 10.7. The van der Waals surface area contributed by atoms with Crippen LogP contribution >= 0.6 is 11.8 Å². The second-order valence-corrected chi connectivity index (χ2v) is 11.8. The van der Waals surface area contributed by atoms with Gasteiger partial charge in [0.15, 0.2) is 10.9 Å². The topological polar surface area (TPSA) is 143 Å². The van der Waals surface area contributed by atoms with Crippen LogP contribution in [0, 0.1) is 17.8 Å². The van der Waals surface area contributed by atoms with Gasteiger partial charge in [-0.25, -0.2) is 13.8 Å². The number of thioether (sulfide) groups is 1. The number of amidine groups is 1. The fourth-order valence-electron chi connectivity index (χ4n) is 5.32. The number of alkyl halides is 2. The summed E-state index contributed by atoms with van der Waals surface area (Å²) in [5, 5.41) is 10.9. The van der Waals surface area contributed by atoms with Crippen LogP contribution in [0.25, 0.3) is 11.1 Å². The third-order valence-corrected chi connectivity index (χ3v) is 8.71. The van der Waals surface area contributed by atoms with E-state index in [9.17, 15) is 18.7 Å². The Labute approximate surface area is 256 Å². The number of halogens is 2. The molecular weight excluding hydrogens is 576 g/mol. The molecule has 43 heavy (non-hydrogen) atoms. The molecule has 10 nitrogen and oxygen atoms in total. The van der Waals surface area contributed by atoms with Gasteiger partial charge in [-0.05, 0) is 51.8 Å². The van der Waals surface area contributed by atoms with Gasteiger partial charge in [0.1, 0.15) is 22.6 Å². The molecule has 1 amide bonds. The number of hydrogen-bond donors (Lipinski definition) is 3. The standard InChI is InChI=1S/C28H33F2N7O3S.C2H6.H2/c1-27(39)28(8-9-28)36(2)10-11-37(27)23-13-17(18-12-20(24(29)30)33-15-21(18)40-3)19(14-34-23)25(38)35-26(32)41-22(31)7-6-16-4-5-16;1-2;/h12-16,22,24,39H,4-5,8-11,31H2,1-3H3,(H2,32,35,38);1-2H3;1H. The first kappa shape index (κ1) is 32.6. The number of aliphatic imine (C=N–C) groups is 1. The van der Waals surface area contributed by atoms with E-state index in [2.05, 4.69) is 31.7 Å². The summed E-state index contributed by atoms with van der Waals surface area (Å²) in [4.78, 5) is 29.7. The van der Waals surface area contributed by atoms with E-state index in [1.165, 1.54) is 25.6 Å². The number of hydrogen-bond acceptors (Lipinski definition) is 9. The number of aromatic nitrogens is 2. The minimum atomic E-state index is -2.85. The summed E-state index contributed by atoms with van der Waals surface area (Å²) in [6.07, 6.45) is 3.40. The average Bonchev–Trinajstić information content (AvgIpc) is 3.91. The molecule has 2 saturated carbocycles. The number of anilines is 1. The summed E-state index contributed by atoms with van der Waals surface area (Å²) < 4.78 is 32.8. The van der Waals surface area contributed by atoms with Gasteiger partial charge in [-0.3, -0.25) is 14.7 Å². The van der Waals surface area contributed by atoms with Gasteiger partial charge >= 0.3 is 0 Å². The molecule has 0 bridgehead atoms. The van der Waals surface area contributed by atoms with Crippen molar-refractivity contribution < 1.29 is 24.8 Å². The molecule has 13 heteroatoms. The van der Waals surface area contributed by atoms with Crippen molar-refractivity contribution in [3.8, 4) is 28.7 Å². The predicted molar refractivity (Wildman–Crippen MR) is 167 cm³/mol. The number of pyridine rings is 2. The van der Waals surface area contributed by atoms with Crippen LogP contribution in [0.1, 0.15) is 70.4 Å². The molecule has 1 saturated heterocycles. The molecule has 0 aromatic carbocycles. The van der Waals surface area contributed by atoms with Crippen molar-refractivity contribution in [2.45, 2.75) is 69.5 Å². The van der Waals surface area contributed by atoms with E-state index in [-0.39, 0.29) is 29.0 Å². The summed E-state index contributed by atoms with van der Waals surface area (Å²) in [5.74, 6) is 6.12. The Hall–Kier alpha value is -3.31. The number of amides is 1. The number of piperazine rings is 1. The van der Waals surface area contributed by atoms with Crippen LogP contribution in [0.3, 0.4) is 0 Å². The molecule has 5 rings (SSSR count). The summed E-state index contributed by atoms with van der Waals surface area (Å²) in [6, 6.07) is 2.76. The van der Waals surface area contributed by atoms with Crippen molar-refractivity contribution >= 4 is 28.7 Å². The average molecular weight is 618 g/mol. The van der Waals surface area contributed by atoms with Gasteiger partial charge in [-0.2, -0.15) is 4.99 Å². The lowest BCUT2D eigenvalue weighted by Crippen LogP contribution is -2.68. The van der Waals surface area contributed by atoms with Crippen molar-refractivity contribution in [2.24, 2.45) is 22.4 Å². The zero-order valence-electron chi connectivity index (χ0n) is 25.1. The number of likely N-dealkylation sites (N-methyl/N-ethyl adjacent to an activating group) is 1. The molecule has 2 aliphatic carbocycles. The first-order valence-corrected chi connectivity index (χ1v) is 15.2. The minimum absolute atomic E-state index is 0. The molecule has 2 aromatic heterocycles. The largest absolute Gasteiger partial charge is 0.494 e. The van der Waals surface area contributed by atoms with Gasteiger partial charge in [0.25, 0.3) is 12.3 Å². The monoisotopic (exact) mass is 617 g/mol. The molecule has 1 spiro atoms. The van der Waals surface area contributed by atoms with Crippen LogP contribution < -0.4 is 21.1 Å². The molecule has 3 aliphatic rings. The van der Waals surface area contributed by atoms with Gasteiger partial charge in [0.05, 0.1) is 24.4 Å². The first-order chi connectivity index (χ1) is 20.5. The molecule has 2 atom stereocenters. The zero-order valence-corrected chi connectivity index (χ0v) is 25.9. The highest BCUT2D eigenvalue weighted by Gasteiger charge is 2.63. The highest BCUT2D eigenvalue weighted by atomic mass is 32.2.